The molecule has 1 saturated carbocycles. The lowest BCUT2D eigenvalue weighted by molar-refractivity contribution is -0.192. The second-order valence-corrected chi connectivity index (χ2v) is 16.5. The van der Waals surface area contributed by atoms with Gasteiger partial charge in [0.05, 0.1) is 4.88 Å². The highest BCUT2D eigenvalue weighted by atomic mass is 32.2. The van der Waals surface area contributed by atoms with Gasteiger partial charge in [0, 0.05) is 51.0 Å². The Balaban J connectivity index is 0.000000755. The number of hydrogen-bond donors (Lipinski definition) is 3. The molecule has 16 heteroatoms. The van der Waals surface area contributed by atoms with E-state index < -0.39 is 27.9 Å². The van der Waals surface area contributed by atoms with Crippen LogP contribution in [-0.4, -0.2) is 109 Å². The number of carboxylic acid groups (broad SMARTS) is 1. The number of thiophene rings is 1. The molecule has 2 aliphatic rings. The molecule has 1 saturated heterocycles. The zero-order valence-electron chi connectivity index (χ0n) is 29.0. The van der Waals surface area contributed by atoms with Crippen molar-refractivity contribution in [2.45, 2.75) is 69.6 Å². The molecule has 2 amide bonds. The summed E-state index contributed by atoms with van der Waals surface area (Å²) >= 11 is 1.47. The number of hydrogen-bond acceptors (Lipinski definition) is 7. The van der Waals surface area contributed by atoms with Crippen LogP contribution in [0.1, 0.15) is 59.3 Å². The molecule has 2 aromatic carbocycles. The highest BCUT2D eigenvalue weighted by Gasteiger charge is 2.43. The molecule has 3 N–H and O–H groups in total. The smallest absolute Gasteiger partial charge is 0.475 e. The largest absolute Gasteiger partial charge is 0.490 e. The number of halogens is 3. The van der Waals surface area contributed by atoms with E-state index >= 15 is 0 Å². The van der Waals surface area contributed by atoms with E-state index in [0.717, 1.165) is 53.4 Å². The van der Waals surface area contributed by atoms with Gasteiger partial charge >= 0.3 is 12.1 Å². The monoisotopic (exact) mass is 753 g/mol. The standard InChI is InChI=1S/C33H45N5O4S2.C2HF3O2/c1-25-13-14-27-24-30(43-29(27)22-25)31(39)35-33(15-7-8-16-33)32(40)34-28(23-26-10-5-4-6-11-26)12-9-17-37-18-20-38(21-19-37)44(41,42)36(2)3;3-2(4,5)1(6)7/h4-6,10-11,13-14,22,24,28H,7-9,12,15-21,23H2,1-3H3,(H,34,40)(H,35,39);(H,6,7)/t28-;/m0./s1. The molecule has 1 aliphatic carbocycles. The number of benzene rings is 2. The van der Waals surface area contributed by atoms with Crippen molar-refractivity contribution in [1.82, 2.24) is 24.1 Å². The summed E-state index contributed by atoms with van der Waals surface area (Å²) in [4.78, 5) is 39.3. The number of nitrogens with zero attached hydrogens (tertiary/aromatic N) is 3. The number of carboxylic acids is 1. The van der Waals surface area contributed by atoms with Gasteiger partial charge in [0.1, 0.15) is 5.54 Å². The molecule has 2 heterocycles. The minimum absolute atomic E-state index is 0.0815. The summed E-state index contributed by atoms with van der Waals surface area (Å²) < 4.78 is 60.6. The van der Waals surface area contributed by atoms with Crippen molar-refractivity contribution in [2.75, 3.05) is 46.8 Å². The normalized spacial score (nSPS) is 17.5. The molecular formula is C35H46F3N5O6S2. The van der Waals surface area contributed by atoms with Gasteiger partial charge in [-0.05, 0) is 74.2 Å². The molecular weight excluding hydrogens is 708 g/mol. The Hall–Kier alpha value is -3.57. The number of carbonyl (C=O) groups is 3. The third-order valence-corrected chi connectivity index (χ3v) is 12.2. The van der Waals surface area contributed by atoms with E-state index in [1.54, 1.807) is 14.1 Å². The van der Waals surface area contributed by atoms with Gasteiger partial charge in [-0.3, -0.25) is 9.59 Å². The van der Waals surface area contributed by atoms with Crippen molar-refractivity contribution >= 4 is 49.4 Å². The van der Waals surface area contributed by atoms with E-state index in [1.165, 1.54) is 19.9 Å². The zero-order valence-corrected chi connectivity index (χ0v) is 30.7. The lowest BCUT2D eigenvalue weighted by Crippen LogP contribution is -2.59. The van der Waals surface area contributed by atoms with Crippen molar-refractivity contribution in [1.29, 1.82) is 0 Å². The summed E-state index contributed by atoms with van der Waals surface area (Å²) in [5, 5.41) is 14.7. The quantitative estimate of drug-likeness (QED) is 0.241. The van der Waals surface area contributed by atoms with E-state index in [1.807, 2.05) is 43.3 Å². The van der Waals surface area contributed by atoms with Crippen LogP contribution in [0.25, 0.3) is 10.1 Å². The zero-order chi connectivity index (χ0) is 37.4. The predicted octanol–water partition coefficient (Wildman–Crippen LogP) is 4.82. The number of aryl methyl sites for hydroxylation is 1. The van der Waals surface area contributed by atoms with Crippen molar-refractivity contribution in [3.05, 3.63) is 70.6 Å². The first-order valence-corrected chi connectivity index (χ1v) is 19.1. The minimum atomic E-state index is -5.08. The highest BCUT2D eigenvalue weighted by molar-refractivity contribution is 7.86. The van der Waals surface area contributed by atoms with Gasteiger partial charge in [-0.15, -0.1) is 11.3 Å². The van der Waals surface area contributed by atoms with Crippen molar-refractivity contribution < 1.29 is 41.1 Å². The molecule has 5 rings (SSSR count). The van der Waals surface area contributed by atoms with Crippen LogP contribution in [0.2, 0.25) is 0 Å². The Morgan fingerprint density at radius 3 is 2.22 bits per heavy atom. The van der Waals surface area contributed by atoms with E-state index in [0.29, 0.717) is 50.3 Å². The molecule has 11 nitrogen and oxygen atoms in total. The van der Waals surface area contributed by atoms with E-state index in [9.17, 15) is 31.2 Å². The molecule has 3 aromatic rings. The summed E-state index contributed by atoms with van der Waals surface area (Å²) in [6.07, 6.45) is 0.354. The topological polar surface area (TPSA) is 139 Å². The lowest BCUT2D eigenvalue weighted by atomic mass is 9.94. The Labute approximate surface area is 301 Å². The molecule has 1 atom stereocenters. The van der Waals surface area contributed by atoms with Gasteiger partial charge < -0.3 is 20.6 Å². The van der Waals surface area contributed by atoms with E-state index in [-0.39, 0.29) is 17.9 Å². The van der Waals surface area contributed by atoms with Crippen LogP contribution in [0, 0.1) is 6.92 Å². The first-order valence-electron chi connectivity index (χ1n) is 16.9. The van der Waals surface area contributed by atoms with Gasteiger partial charge in [-0.1, -0.05) is 55.3 Å². The fraction of sp³-hybridized carbons (Fsp3) is 0.514. The van der Waals surface area contributed by atoms with Crippen molar-refractivity contribution in [3.63, 3.8) is 0 Å². The number of rotatable bonds is 12. The first-order chi connectivity index (χ1) is 24.0. The van der Waals surface area contributed by atoms with Crippen LogP contribution in [0.15, 0.2) is 54.6 Å². The van der Waals surface area contributed by atoms with Crippen LogP contribution in [0.3, 0.4) is 0 Å². The molecule has 0 bridgehead atoms. The summed E-state index contributed by atoms with van der Waals surface area (Å²) in [5.74, 6) is -3.04. The van der Waals surface area contributed by atoms with Crippen LogP contribution in [0.5, 0.6) is 0 Å². The number of amides is 2. The second-order valence-electron chi connectivity index (χ2n) is 13.2. The fourth-order valence-electron chi connectivity index (χ4n) is 6.34. The Kier molecular flexibility index (Phi) is 13.6. The van der Waals surface area contributed by atoms with Crippen molar-refractivity contribution in [3.8, 4) is 0 Å². The molecule has 280 valence electrons. The highest BCUT2D eigenvalue weighted by Crippen LogP contribution is 2.32. The number of fused-ring (bicyclic) bond motifs is 1. The van der Waals surface area contributed by atoms with Gasteiger partial charge in [0.15, 0.2) is 0 Å². The van der Waals surface area contributed by atoms with Gasteiger partial charge in [0.2, 0.25) is 5.91 Å². The third-order valence-electron chi connectivity index (χ3n) is 9.19. The Morgan fingerprint density at radius 1 is 1.00 bits per heavy atom. The molecule has 1 aliphatic heterocycles. The molecule has 2 fully saturated rings. The maximum absolute atomic E-state index is 14.0. The van der Waals surface area contributed by atoms with Crippen LogP contribution < -0.4 is 10.6 Å². The number of piperazine rings is 1. The maximum atomic E-state index is 14.0. The summed E-state index contributed by atoms with van der Waals surface area (Å²) in [6, 6.07) is 18.2. The summed E-state index contributed by atoms with van der Waals surface area (Å²) in [7, 11) is -0.263. The minimum Gasteiger partial charge on any atom is -0.475 e. The number of nitrogens with one attached hydrogen (secondary N) is 2. The average Bonchev–Trinajstić information content (AvgIpc) is 3.73. The van der Waals surface area contributed by atoms with Crippen LogP contribution >= 0.6 is 11.3 Å². The molecule has 51 heavy (non-hydrogen) atoms. The molecule has 0 unspecified atom stereocenters. The van der Waals surface area contributed by atoms with Gasteiger partial charge in [0.25, 0.3) is 16.1 Å². The Bertz CT molecular complexity index is 1750. The van der Waals surface area contributed by atoms with Gasteiger partial charge in [-0.2, -0.15) is 30.2 Å². The average molecular weight is 754 g/mol. The van der Waals surface area contributed by atoms with Gasteiger partial charge in [-0.25, -0.2) is 4.79 Å². The number of carbonyl (C=O) groups excluding carboxylic acids is 2. The Morgan fingerprint density at radius 2 is 1.63 bits per heavy atom. The predicted molar refractivity (Wildman–Crippen MR) is 191 cm³/mol. The van der Waals surface area contributed by atoms with E-state index in [4.69, 9.17) is 9.90 Å². The molecule has 1 aromatic heterocycles. The number of aliphatic carboxylic acids is 1. The third kappa shape index (κ3) is 11.0. The maximum Gasteiger partial charge on any atom is 0.490 e. The second kappa shape index (κ2) is 17.3. The number of alkyl halides is 3. The summed E-state index contributed by atoms with van der Waals surface area (Å²) in [6.45, 7) is 5.22. The van der Waals surface area contributed by atoms with E-state index in [2.05, 4.69) is 33.7 Å². The van der Waals surface area contributed by atoms with Crippen molar-refractivity contribution in [2.24, 2.45) is 0 Å². The lowest BCUT2D eigenvalue weighted by Gasteiger charge is -2.35. The molecule has 0 spiro atoms. The van der Waals surface area contributed by atoms with Crippen LogP contribution in [-0.2, 0) is 26.2 Å². The fourth-order valence-corrected chi connectivity index (χ4v) is 8.48. The summed E-state index contributed by atoms with van der Waals surface area (Å²) in [5.41, 5.74) is 1.40. The molecule has 0 radical (unpaired) electrons. The SMILES string of the molecule is Cc1ccc2cc(C(=O)NC3(C(=O)N[C@@H](CCCN4CCN(S(=O)(=O)N(C)C)CC4)Cc4ccccc4)CCCC3)sc2c1.O=C(O)C(F)(F)F. The first kappa shape index (κ1) is 40.2. The van der Waals surface area contributed by atoms with Crippen LogP contribution in [0.4, 0.5) is 13.2 Å².